The second kappa shape index (κ2) is 13.2. The molecule has 3 amide bonds. The van der Waals surface area contributed by atoms with Crippen LogP contribution in [0.2, 0.25) is 0 Å². The number of carbonyl (C=O) groups is 3. The average Bonchev–Trinajstić information content (AvgIpc) is 3.09. The van der Waals surface area contributed by atoms with Crippen molar-refractivity contribution in [1.29, 1.82) is 0 Å². The highest BCUT2D eigenvalue weighted by atomic mass is 16.2. The Hall–Kier alpha value is -4.24. The molecule has 0 saturated carbocycles. The van der Waals surface area contributed by atoms with Gasteiger partial charge in [-0.1, -0.05) is 31.2 Å². The molecule has 40 heavy (non-hydrogen) atoms. The van der Waals surface area contributed by atoms with Gasteiger partial charge in [-0.3, -0.25) is 24.2 Å². The lowest BCUT2D eigenvalue weighted by molar-refractivity contribution is -0.133. The molecular weight excluding hydrogens is 504 g/mol. The van der Waals surface area contributed by atoms with E-state index in [9.17, 15) is 14.4 Å². The molecule has 0 aliphatic carbocycles. The molecule has 4 rings (SSSR count). The van der Waals surface area contributed by atoms with Crippen molar-refractivity contribution in [3.8, 4) is 0 Å². The quantitative estimate of drug-likeness (QED) is 0.383. The summed E-state index contributed by atoms with van der Waals surface area (Å²) in [6.45, 7) is 7.65. The third-order valence-corrected chi connectivity index (χ3v) is 7.17. The van der Waals surface area contributed by atoms with Gasteiger partial charge in [-0.05, 0) is 55.4 Å². The maximum absolute atomic E-state index is 13.5. The number of nitrogens with one attached hydrogen (secondary N) is 1. The van der Waals surface area contributed by atoms with Crippen molar-refractivity contribution in [2.24, 2.45) is 0 Å². The Morgan fingerprint density at radius 2 is 1.65 bits per heavy atom. The molecule has 1 N–H and O–H groups in total. The fourth-order valence-electron chi connectivity index (χ4n) is 4.80. The van der Waals surface area contributed by atoms with E-state index in [0.717, 1.165) is 25.3 Å². The maximum Gasteiger partial charge on any atom is 0.257 e. The van der Waals surface area contributed by atoms with E-state index < -0.39 is 0 Å². The summed E-state index contributed by atoms with van der Waals surface area (Å²) in [6.07, 6.45) is 1.66. The van der Waals surface area contributed by atoms with Gasteiger partial charge in [-0.25, -0.2) is 4.98 Å². The van der Waals surface area contributed by atoms with Gasteiger partial charge in [0.1, 0.15) is 0 Å². The van der Waals surface area contributed by atoms with Gasteiger partial charge in [-0.2, -0.15) is 0 Å². The zero-order chi connectivity index (χ0) is 28.6. The van der Waals surface area contributed by atoms with E-state index in [-0.39, 0.29) is 30.6 Å². The molecule has 0 spiro atoms. The molecule has 0 bridgehead atoms. The second-order valence-corrected chi connectivity index (χ2v) is 9.98. The van der Waals surface area contributed by atoms with Crippen molar-refractivity contribution in [3.05, 3.63) is 78.0 Å². The number of rotatable bonds is 11. The molecule has 210 valence electrons. The van der Waals surface area contributed by atoms with Gasteiger partial charge in [-0.15, -0.1) is 0 Å². The smallest absolute Gasteiger partial charge is 0.257 e. The predicted octanol–water partition coefficient (Wildman–Crippen LogP) is 4.53. The van der Waals surface area contributed by atoms with Gasteiger partial charge in [0, 0.05) is 65.0 Å². The minimum atomic E-state index is -0.303. The number of amides is 3. The molecule has 0 unspecified atom stereocenters. The summed E-state index contributed by atoms with van der Waals surface area (Å²) in [5, 5.41) is 2.84. The van der Waals surface area contributed by atoms with Crippen LogP contribution in [0.15, 0.2) is 66.9 Å². The Morgan fingerprint density at radius 1 is 0.900 bits per heavy atom. The Morgan fingerprint density at radius 3 is 2.35 bits per heavy atom. The monoisotopic (exact) mass is 542 g/mol. The van der Waals surface area contributed by atoms with Crippen molar-refractivity contribution in [2.45, 2.75) is 33.2 Å². The van der Waals surface area contributed by atoms with Crippen LogP contribution in [-0.2, 0) is 16.1 Å². The molecule has 2 heterocycles. The summed E-state index contributed by atoms with van der Waals surface area (Å²) < 4.78 is 0. The van der Waals surface area contributed by atoms with Gasteiger partial charge in [0.25, 0.3) is 5.91 Å². The summed E-state index contributed by atoms with van der Waals surface area (Å²) in [5.41, 5.74) is 3.68. The SMILES string of the molecule is CCN(CCN(CC)C(=O)CCC(=O)N1c2ccccc2C(=O)Nc2cccnc21)Cc1ccc(N(C)C)cc1. The summed E-state index contributed by atoms with van der Waals surface area (Å²) in [5.74, 6) is -0.309. The molecule has 2 aromatic carbocycles. The highest BCUT2D eigenvalue weighted by molar-refractivity contribution is 6.17. The molecule has 3 aromatic rings. The average molecular weight is 543 g/mol. The molecule has 0 fully saturated rings. The molecule has 1 aliphatic heterocycles. The lowest BCUT2D eigenvalue weighted by Gasteiger charge is -2.27. The van der Waals surface area contributed by atoms with E-state index in [0.29, 0.717) is 35.8 Å². The van der Waals surface area contributed by atoms with Gasteiger partial charge < -0.3 is 15.1 Å². The van der Waals surface area contributed by atoms with Crippen LogP contribution >= 0.6 is 0 Å². The summed E-state index contributed by atoms with van der Waals surface area (Å²) >= 11 is 0. The minimum Gasteiger partial charge on any atom is -0.378 e. The first-order valence-corrected chi connectivity index (χ1v) is 13.8. The normalized spacial score (nSPS) is 12.3. The fourth-order valence-corrected chi connectivity index (χ4v) is 4.80. The number of anilines is 4. The van der Waals surface area contributed by atoms with Crippen molar-refractivity contribution in [3.63, 3.8) is 0 Å². The first-order chi connectivity index (χ1) is 19.3. The summed E-state index contributed by atoms with van der Waals surface area (Å²) in [6, 6.07) is 18.9. The van der Waals surface area contributed by atoms with Crippen LogP contribution in [0.1, 0.15) is 42.6 Å². The van der Waals surface area contributed by atoms with E-state index in [1.54, 1.807) is 47.5 Å². The van der Waals surface area contributed by atoms with Gasteiger partial charge in [0.05, 0.1) is 16.9 Å². The maximum atomic E-state index is 13.5. The van der Waals surface area contributed by atoms with Crippen molar-refractivity contribution in [1.82, 2.24) is 14.8 Å². The predicted molar refractivity (Wildman–Crippen MR) is 159 cm³/mol. The zero-order valence-corrected chi connectivity index (χ0v) is 23.8. The largest absolute Gasteiger partial charge is 0.378 e. The Kier molecular flexibility index (Phi) is 9.50. The van der Waals surface area contributed by atoms with Crippen LogP contribution in [0.5, 0.6) is 0 Å². The van der Waals surface area contributed by atoms with Crippen molar-refractivity contribution >= 4 is 40.6 Å². The Balaban J connectivity index is 1.39. The molecule has 9 nitrogen and oxygen atoms in total. The lowest BCUT2D eigenvalue weighted by atomic mass is 10.1. The molecule has 0 saturated heterocycles. The van der Waals surface area contributed by atoms with E-state index in [2.05, 4.69) is 51.3 Å². The number of benzene rings is 2. The number of pyridine rings is 1. The van der Waals surface area contributed by atoms with Crippen LogP contribution in [0, 0.1) is 0 Å². The second-order valence-electron chi connectivity index (χ2n) is 9.98. The number of para-hydroxylation sites is 1. The number of nitrogens with zero attached hydrogens (tertiary/aromatic N) is 5. The van der Waals surface area contributed by atoms with E-state index in [4.69, 9.17) is 0 Å². The summed E-state index contributed by atoms with van der Waals surface area (Å²) in [7, 11) is 4.05. The summed E-state index contributed by atoms with van der Waals surface area (Å²) in [4.78, 5) is 51.6. The van der Waals surface area contributed by atoms with Crippen LogP contribution < -0.4 is 15.1 Å². The number of hydrogen-bond donors (Lipinski definition) is 1. The fraction of sp³-hybridized carbons (Fsp3) is 0.355. The van der Waals surface area contributed by atoms with E-state index >= 15 is 0 Å². The van der Waals surface area contributed by atoms with Crippen LogP contribution in [0.4, 0.5) is 22.9 Å². The topological polar surface area (TPSA) is 89.1 Å². The lowest BCUT2D eigenvalue weighted by Crippen LogP contribution is -2.39. The highest BCUT2D eigenvalue weighted by Crippen LogP contribution is 2.36. The number of likely N-dealkylation sites (N-methyl/N-ethyl adjacent to an activating group) is 2. The zero-order valence-electron chi connectivity index (χ0n) is 23.8. The first kappa shape index (κ1) is 28.8. The van der Waals surface area contributed by atoms with Crippen LogP contribution in [-0.4, -0.2) is 72.8 Å². The highest BCUT2D eigenvalue weighted by Gasteiger charge is 2.30. The number of hydrogen-bond acceptors (Lipinski definition) is 6. The third-order valence-electron chi connectivity index (χ3n) is 7.17. The minimum absolute atomic E-state index is 0.00356. The molecule has 1 aliphatic rings. The van der Waals surface area contributed by atoms with Gasteiger partial charge >= 0.3 is 0 Å². The molecule has 1 aromatic heterocycles. The first-order valence-electron chi connectivity index (χ1n) is 13.8. The number of fused-ring (bicyclic) bond motifs is 2. The Bertz CT molecular complexity index is 1340. The molecule has 0 atom stereocenters. The Labute approximate surface area is 236 Å². The van der Waals surface area contributed by atoms with Crippen LogP contribution in [0.3, 0.4) is 0 Å². The van der Waals surface area contributed by atoms with Gasteiger partial charge in [0.2, 0.25) is 11.8 Å². The van der Waals surface area contributed by atoms with Crippen LogP contribution in [0.25, 0.3) is 0 Å². The number of carbonyl (C=O) groups excluding carboxylic acids is 3. The van der Waals surface area contributed by atoms with Gasteiger partial charge in [0.15, 0.2) is 5.82 Å². The van der Waals surface area contributed by atoms with Crippen molar-refractivity contribution < 1.29 is 14.4 Å². The number of aromatic nitrogens is 1. The molecule has 9 heteroatoms. The van der Waals surface area contributed by atoms with E-state index in [1.165, 1.54) is 10.5 Å². The molecule has 0 radical (unpaired) electrons. The third kappa shape index (κ3) is 6.66. The molecular formula is C31H38N6O3. The standard InChI is InChI=1S/C31H38N6O3/c1-5-35(22-23-13-15-24(16-14-23)34(3)4)20-21-36(6-2)28(38)17-18-29(39)37-27-12-8-7-10-25(27)31(40)33-26-11-9-19-32-30(26)37/h7-16,19H,5-6,17-18,20-22H2,1-4H3,(H,33,40). The van der Waals surface area contributed by atoms with E-state index in [1.807, 2.05) is 21.0 Å². The van der Waals surface area contributed by atoms with Crippen molar-refractivity contribution in [2.75, 3.05) is 55.4 Å².